The second-order valence-electron chi connectivity index (χ2n) is 5.77. The number of benzene rings is 1. The van der Waals surface area contributed by atoms with Crippen LogP contribution < -0.4 is 11.5 Å². The standard InChI is InChI=1S/C17H20N8O/c1-4-25-14(5-9(2)24-25)17-21-16(22-23-17)11-6-10(15(19)26)7-13(18)12(11)8-20-3/h5-8H,4,18H2,1-3H3,(H2,19,26)(H,21,22,23). The van der Waals surface area contributed by atoms with Gasteiger partial charge in [0.25, 0.3) is 0 Å². The number of H-pyrrole nitrogens is 1. The van der Waals surface area contributed by atoms with Gasteiger partial charge < -0.3 is 11.5 Å². The predicted molar refractivity (Wildman–Crippen MR) is 99.9 cm³/mol. The highest BCUT2D eigenvalue weighted by Gasteiger charge is 2.18. The molecule has 0 aliphatic heterocycles. The maximum Gasteiger partial charge on any atom is 0.248 e. The van der Waals surface area contributed by atoms with Crippen molar-refractivity contribution in [2.45, 2.75) is 20.4 Å². The maximum atomic E-state index is 11.6. The van der Waals surface area contributed by atoms with Crippen LogP contribution in [0.1, 0.15) is 28.5 Å². The van der Waals surface area contributed by atoms with E-state index in [2.05, 4.69) is 25.3 Å². The minimum absolute atomic E-state index is 0.284. The topological polar surface area (TPSA) is 141 Å². The summed E-state index contributed by atoms with van der Waals surface area (Å²) in [6.45, 7) is 4.62. The van der Waals surface area contributed by atoms with Gasteiger partial charge >= 0.3 is 0 Å². The number of aliphatic imine (C=N–C) groups is 1. The molecule has 0 aliphatic rings. The van der Waals surface area contributed by atoms with Crippen LogP contribution >= 0.6 is 0 Å². The molecule has 5 N–H and O–H groups in total. The lowest BCUT2D eigenvalue weighted by Gasteiger charge is -2.08. The quantitative estimate of drug-likeness (QED) is 0.470. The molecule has 0 spiro atoms. The Bertz CT molecular complexity index is 998. The monoisotopic (exact) mass is 352 g/mol. The van der Waals surface area contributed by atoms with E-state index in [-0.39, 0.29) is 5.56 Å². The van der Waals surface area contributed by atoms with Gasteiger partial charge in [0, 0.05) is 42.2 Å². The number of nitrogen functional groups attached to an aromatic ring is 1. The van der Waals surface area contributed by atoms with Gasteiger partial charge in [0.1, 0.15) is 5.69 Å². The number of aromatic nitrogens is 5. The summed E-state index contributed by atoms with van der Waals surface area (Å²) < 4.78 is 1.84. The maximum absolute atomic E-state index is 11.6. The Balaban J connectivity index is 2.15. The first-order valence-corrected chi connectivity index (χ1v) is 8.07. The fraction of sp³-hybridized carbons (Fsp3) is 0.235. The van der Waals surface area contributed by atoms with Crippen LogP contribution in [0.15, 0.2) is 23.2 Å². The van der Waals surface area contributed by atoms with Crippen molar-refractivity contribution in [1.82, 2.24) is 25.0 Å². The number of primary amides is 1. The molecule has 0 aliphatic carbocycles. The third-order valence-electron chi connectivity index (χ3n) is 3.93. The van der Waals surface area contributed by atoms with E-state index in [1.165, 1.54) is 6.07 Å². The Morgan fingerprint density at radius 2 is 2.15 bits per heavy atom. The van der Waals surface area contributed by atoms with Crippen molar-refractivity contribution >= 4 is 17.8 Å². The number of nitrogens with zero attached hydrogens (tertiary/aromatic N) is 5. The van der Waals surface area contributed by atoms with E-state index >= 15 is 0 Å². The van der Waals surface area contributed by atoms with Gasteiger partial charge in [-0.2, -0.15) is 10.2 Å². The Morgan fingerprint density at radius 3 is 2.81 bits per heavy atom. The third-order valence-corrected chi connectivity index (χ3v) is 3.93. The van der Waals surface area contributed by atoms with Crippen LogP contribution in [0.3, 0.4) is 0 Å². The molecule has 0 saturated carbocycles. The van der Waals surface area contributed by atoms with Gasteiger partial charge in [-0.25, -0.2) is 4.98 Å². The zero-order valence-corrected chi connectivity index (χ0v) is 14.8. The molecule has 3 rings (SSSR count). The van der Waals surface area contributed by atoms with Gasteiger partial charge in [-0.1, -0.05) is 0 Å². The van der Waals surface area contributed by atoms with Crippen LogP contribution in [0.25, 0.3) is 22.9 Å². The lowest BCUT2D eigenvalue weighted by Crippen LogP contribution is -2.12. The largest absolute Gasteiger partial charge is 0.398 e. The highest BCUT2D eigenvalue weighted by Crippen LogP contribution is 2.28. The first kappa shape index (κ1) is 17.3. The molecule has 0 atom stereocenters. The summed E-state index contributed by atoms with van der Waals surface area (Å²) in [7, 11) is 1.64. The molecule has 3 aromatic rings. The third kappa shape index (κ3) is 3.06. The van der Waals surface area contributed by atoms with Gasteiger partial charge in [-0.05, 0) is 32.0 Å². The van der Waals surface area contributed by atoms with Crippen molar-refractivity contribution in [3.63, 3.8) is 0 Å². The Morgan fingerprint density at radius 1 is 1.38 bits per heavy atom. The summed E-state index contributed by atoms with van der Waals surface area (Å²) in [6.07, 6.45) is 1.60. The molecule has 134 valence electrons. The van der Waals surface area contributed by atoms with E-state index in [4.69, 9.17) is 11.5 Å². The minimum Gasteiger partial charge on any atom is -0.398 e. The normalized spacial score (nSPS) is 11.3. The average Bonchev–Trinajstić information content (AvgIpc) is 3.22. The van der Waals surface area contributed by atoms with E-state index in [9.17, 15) is 4.79 Å². The second kappa shape index (κ2) is 6.79. The average molecular weight is 352 g/mol. The van der Waals surface area contributed by atoms with Crippen LogP contribution in [0.5, 0.6) is 0 Å². The van der Waals surface area contributed by atoms with E-state index in [0.717, 1.165) is 11.4 Å². The van der Waals surface area contributed by atoms with Crippen molar-refractivity contribution < 1.29 is 4.79 Å². The smallest absolute Gasteiger partial charge is 0.248 e. The summed E-state index contributed by atoms with van der Waals surface area (Å²) in [5, 5.41) is 11.6. The number of nitrogens with two attached hydrogens (primary N) is 2. The molecular weight excluding hydrogens is 332 g/mol. The first-order valence-electron chi connectivity index (χ1n) is 8.07. The molecule has 9 heteroatoms. The van der Waals surface area contributed by atoms with Gasteiger partial charge in [-0.15, -0.1) is 0 Å². The Labute approximate surface area is 150 Å². The lowest BCUT2D eigenvalue weighted by atomic mass is 10.0. The highest BCUT2D eigenvalue weighted by molar-refractivity contribution is 6.01. The van der Waals surface area contributed by atoms with Crippen molar-refractivity contribution in [3.05, 3.63) is 35.0 Å². The summed E-state index contributed by atoms with van der Waals surface area (Å²) in [4.78, 5) is 20.2. The number of hydrogen-bond donors (Lipinski definition) is 3. The number of amides is 1. The van der Waals surface area contributed by atoms with Crippen LogP contribution in [0.2, 0.25) is 0 Å². The van der Waals surface area contributed by atoms with Crippen LogP contribution in [0.4, 0.5) is 5.69 Å². The van der Waals surface area contributed by atoms with Crippen molar-refractivity contribution in [2.24, 2.45) is 10.7 Å². The highest BCUT2D eigenvalue weighted by atomic mass is 16.1. The van der Waals surface area contributed by atoms with Crippen molar-refractivity contribution in [2.75, 3.05) is 12.8 Å². The number of carbonyl (C=O) groups excluding carboxylic acids is 1. The van der Waals surface area contributed by atoms with Gasteiger partial charge in [0.2, 0.25) is 5.91 Å². The number of aromatic amines is 1. The van der Waals surface area contributed by atoms with E-state index in [0.29, 0.717) is 35.0 Å². The van der Waals surface area contributed by atoms with Crippen LogP contribution in [-0.4, -0.2) is 44.1 Å². The Hall–Kier alpha value is -3.49. The summed E-state index contributed by atoms with van der Waals surface area (Å²) >= 11 is 0. The van der Waals surface area contributed by atoms with Gasteiger partial charge in [0.05, 0.1) is 5.69 Å². The predicted octanol–water partition coefficient (Wildman–Crippen LogP) is 1.39. The van der Waals surface area contributed by atoms with Gasteiger partial charge in [-0.3, -0.25) is 19.6 Å². The number of rotatable bonds is 5. The number of hydrogen-bond acceptors (Lipinski definition) is 6. The number of carbonyl (C=O) groups is 1. The molecule has 0 bridgehead atoms. The molecule has 2 aromatic heterocycles. The fourth-order valence-electron chi connectivity index (χ4n) is 2.75. The zero-order chi connectivity index (χ0) is 18.8. The second-order valence-corrected chi connectivity index (χ2v) is 5.77. The minimum atomic E-state index is -0.576. The number of anilines is 1. The molecule has 0 unspecified atom stereocenters. The van der Waals surface area contributed by atoms with E-state index in [1.54, 1.807) is 19.3 Å². The summed E-state index contributed by atoms with van der Waals surface area (Å²) in [5.74, 6) is 0.393. The molecule has 0 fully saturated rings. The van der Waals surface area contributed by atoms with E-state index < -0.39 is 5.91 Å². The zero-order valence-electron chi connectivity index (χ0n) is 14.8. The molecule has 1 aromatic carbocycles. The molecule has 2 heterocycles. The SMILES string of the molecule is CCn1nc(C)cc1-c1nc(-c2cc(C(N)=O)cc(N)c2C=NC)n[nH]1. The van der Waals surface area contributed by atoms with E-state index in [1.807, 2.05) is 24.6 Å². The number of aryl methyl sites for hydroxylation is 2. The van der Waals surface area contributed by atoms with Crippen LogP contribution in [-0.2, 0) is 6.54 Å². The lowest BCUT2D eigenvalue weighted by molar-refractivity contribution is 0.100. The molecule has 0 saturated heterocycles. The molecular formula is C17H20N8O. The molecule has 26 heavy (non-hydrogen) atoms. The van der Waals surface area contributed by atoms with Crippen LogP contribution in [0, 0.1) is 6.92 Å². The Kier molecular flexibility index (Phi) is 4.53. The van der Waals surface area contributed by atoms with Crippen molar-refractivity contribution in [1.29, 1.82) is 0 Å². The fourth-order valence-corrected chi connectivity index (χ4v) is 2.75. The van der Waals surface area contributed by atoms with Gasteiger partial charge in [0.15, 0.2) is 11.6 Å². The van der Waals surface area contributed by atoms with Crippen molar-refractivity contribution in [3.8, 4) is 22.9 Å². The summed E-state index contributed by atoms with van der Waals surface area (Å²) in [6, 6.07) is 5.06. The summed E-state index contributed by atoms with van der Waals surface area (Å²) in [5.41, 5.74) is 15.1. The molecule has 0 radical (unpaired) electrons. The molecule has 9 nitrogen and oxygen atoms in total. The molecule has 1 amide bonds. The number of nitrogens with one attached hydrogen (secondary N) is 1. The first-order chi connectivity index (χ1) is 12.4.